The van der Waals surface area contributed by atoms with E-state index in [1.165, 1.54) is 4.90 Å². The zero-order valence-electron chi connectivity index (χ0n) is 20.4. The molecule has 0 spiro atoms. The first-order valence-electron chi connectivity index (χ1n) is 12.4. The van der Waals surface area contributed by atoms with Crippen LogP contribution in [0.25, 0.3) is 0 Å². The average Bonchev–Trinajstić information content (AvgIpc) is 3.38. The molecule has 1 fully saturated rings. The lowest BCUT2D eigenvalue weighted by Crippen LogP contribution is -2.57. The summed E-state index contributed by atoms with van der Waals surface area (Å²) in [5.74, 6) is -1.35. The van der Waals surface area contributed by atoms with Crippen LogP contribution in [0.3, 0.4) is 0 Å². The molecule has 4 unspecified atom stereocenters. The minimum Gasteiger partial charge on any atom is -0.396 e. The highest BCUT2D eigenvalue weighted by Crippen LogP contribution is 2.19. The molecule has 4 atom stereocenters. The number of nitrogens with zero attached hydrogens (tertiary/aromatic N) is 1. The lowest BCUT2D eigenvalue weighted by molar-refractivity contribution is -0.140. The number of benzene rings is 2. The SMILES string of the molecule is NC(Cc1ccccc1)C(=O)N1CCCC1C(=O)NC(CO)C(=O)NC(CCO)Cc1ccccc1. The summed E-state index contributed by atoms with van der Waals surface area (Å²) in [7, 11) is 0. The molecule has 0 saturated carbocycles. The summed E-state index contributed by atoms with van der Waals surface area (Å²) >= 11 is 0. The van der Waals surface area contributed by atoms with Crippen LogP contribution in [-0.2, 0) is 27.2 Å². The summed E-state index contributed by atoms with van der Waals surface area (Å²) in [5, 5.41) is 24.6. The molecule has 0 radical (unpaired) electrons. The molecule has 0 aliphatic carbocycles. The molecule has 1 heterocycles. The molecule has 1 aliphatic rings. The molecule has 0 bridgehead atoms. The minimum absolute atomic E-state index is 0.115. The van der Waals surface area contributed by atoms with Gasteiger partial charge in [-0.15, -0.1) is 0 Å². The van der Waals surface area contributed by atoms with Gasteiger partial charge in [-0.3, -0.25) is 14.4 Å². The molecule has 1 aliphatic heterocycles. The molecular weight excluding hydrogens is 460 g/mol. The molecule has 194 valence electrons. The number of aliphatic hydroxyl groups excluding tert-OH is 2. The summed E-state index contributed by atoms with van der Waals surface area (Å²) in [6.07, 6.45) is 2.30. The van der Waals surface area contributed by atoms with Crippen LogP contribution in [0.15, 0.2) is 60.7 Å². The minimum atomic E-state index is -1.18. The summed E-state index contributed by atoms with van der Waals surface area (Å²) in [6.45, 7) is -0.301. The maximum atomic E-state index is 13.0. The van der Waals surface area contributed by atoms with Gasteiger partial charge in [-0.2, -0.15) is 0 Å². The van der Waals surface area contributed by atoms with Gasteiger partial charge < -0.3 is 31.5 Å². The number of carbonyl (C=O) groups is 3. The molecule has 3 amide bonds. The van der Waals surface area contributed by atoms with Crippen molar-refractivity contribution in [2.24, 2.45) is 5.73 Å². The fraction of sp³-hybridized carbons (Fsp3) is 0.444. The van der Waals surface area contributed by atoms with E-state index >= 15 is 0 Å². The smallest absolute Gasteiger partial charge is 0.245 e. The van der Waals surface area contributed by atoms with Crippen molar-refractivity contribution in [1.29, 1.82) is 0 Å². The van der Waals surface area contributed by atoms with E-state index in [0.717, 1.165) is 11.1 Å². The third kappa shape index (κ3) is 7.61. The van der Waals surface area contributed by atoms with Gasteiger partial charge in [-0.25, -0.2) is 0 Å². The molecule has 2 aromatic carbocycles. The van der Waals surface area contributed by atoms with Gasteiger partial charge in [-0.05, 0) is 43.2 Å². The number of amides is 3. The molecule has 6 N–H and O–H groups in total. The van der Waals surface area contributed by atoms with Crippen molar-refractivity contribution < 1.29 is 24.6 Å². The van der Waals surface area contributed by atoms with E-state index in [4.69, 9.17) is 5.73 Å². The third-order valence-electron chi connectivity index (χ3n) is 6.42. The summed E-state index contributed by atoms with van der Waals surface area (Å²) in [5.41, 5.74) is 8.09. The van der Waals surface area contributed by atoms with Gasteiger partial charge in [0, 0.05) is 19.2 Å². The van der Waals surface area contributed by atoms with Crippen molar-refractivity contribution in [3.63, 3.8) is 0 Å². The number of hydrogen-bond acceptors (Lipinski definition) is 6. The monoisotopic (exact) mass is 496 g/mol. The maximum absolute atomic E-state index is 13.0. The number of likely N-dealkylation sites (tertiary alicyclic amines) is 1. The fourth-order valence-electron chi connectivity index (χ4n) is 4.51. The zero-order chi connectivity index (χ0) is 25.9. The van der Waals surface area contributed by atoms with Crippen molar-refractivity contribution in [2.45, 2.75) is 56.3 Å². The lowest BCUT2D eigenvalue weighted by atomic mass is 10.0. The van der Waals surface area contributed by atoms with Crippen molar-refractivity contribution in [3.05, 3.63) is 71.8 Å². The molecule has 0 aromatic heterocycles. The molecule has 2 aromatic rings. The average molecular weight is 497 g/mol. The van der Waals surface area contributed by atoms with E-state index < -0.39 is 36.5 Å². The predicted molar refractivity (Wildman–Crippen MR) is 136 cm³/mol. The Hall–Kier alpha value is -3.27. The van der Waals surface area contributed by atoms with E-state index in [1.54, 1.807) is 0 Å². The Bertz CT molecular complexity index is 988. The largest absolute Gasteiger partial charge is 0.396 e. The Morgan fingerprint density at radius 2 is 1.56 bits per heavy atom. The van der Waals surface area contributed by atoms with E-state index in [0.29, 0.717) is 38.6 Å². The van der Waals surface area contributed by atoms with Crippen LogP contribution in [-0.4, -0.2) is 76.8 Å². The van der Waals surface area contributed by atoms with Crippen LogP contribution in [0.2, 0.25) is 0 Å². The van der Waals surface area contributed by atoms with Crippen LogP contribution in [0, 0.1) is 0 Å². The lowest BCUT2D eigenvalue weighted by Gasteiger charge is -2.28. The molecule has 1 saturated heterocycles. The zero-order valence-corrected chi connectivity index (χ0v) is 20.4. The Kier molecular flexibility index (Phi) is 10.4. The van der Waals surface area contributed by atoms with Gasteiger partial charge in [0.1, 0.15) is 12.1 Å². The summed E-state index contributed by atoms with van der Waals surface area (Å²) in [4.78, 5) is 40.4. The first kappa shape index (κ1) is 27.3. The number of carbonyl (C=O) groups excluding carboxylic acids is 3. The van der Waals surface area contributed by atoms with E-state index in [9.17, 15) is 24.6 Å². The van der Waals surface area contributed by atoms with Crippen LogP contribution in [0.1, 0.15) is 30.4 Å². The second kappa shape index (κ2) is 13.7. The second-order valence-electron chi connectivity index (χ2n) is 9.14. The highest BCUT2D eigenvalue weighted by atomic mass is 16.3. The van der Waals surface area contributed by atoms with Crippen LogP contribution in [0.5, 0.6) is 0 Å². The van der Waals surface area contributed by atoms with E-state index in [-0.39, 0.29) is 18.6 Å². The van der Waals surface area contributed by atoms with Gasteiger partial charge in [-0.1, -0.05) is 60.7 Å². The number of aliphatic hydroxyl groups is 2. The van der Waals surface area contributed by atoms with Crippen molar-refractivity contribution >= 4 is 17.7 Å². The molecule has 9 heteroatoms. The molecule has 3 rings (SSSR count). The molecular formula is C27H36N4O5. The Morgan fingerprint density at radius 1 is 0.944 bits per heavy atom. The van der Waals surface area contributed by atoms with Gasteiger partial charge >= 0.3 is 0 Å². The van der Waals surface area contributed by atoms with Gasteiger partial charge in [0.15, 0.2) is 0 Å². The Balaban J connectivity index is 1.58. The van der Waals surface area contributed by atoms with E-state index in [1.807, 2.05) is 60.7 Å². The standard InChI is InChI=1S/C27H36N4O5/c28-22(17-20-10-5-2-6-11-20)27(36)31-14-7-12-24(31)26(35)30-23(18-33)25(34)29-21(13-15-32)16-19-8-3-1-4-9-19/h1-6,8-11,21-24,32-33H,7,12-18,28H2,(H,29,34)(H,30,35). The normalized spacial score (nSPS) is 17.8. The van der Waals surface area contributed by atoms with Crippen LogP contribution >= 0.6 is 0 Å². The van der Waals surface area contributed by atoms with Crippen molar-refractivity contribution in [1.82, 2.24) is 15.5 Å². The first-order valence-corrected chi connectivity index (χ1v) is 12.4. The number of nitrogens with one attached hydrogen (secondary N) is 2. The molecule has 36 heavy (non-hydrogen) atoms. The Morgan fingerprint density at radius 3 is 2.14 bits per heavy atom. The number of hydrogen-bond donors (Lipinski definition) is 5. The van der Waals surface area contributed by atoms with E-state index in [2.05, 4.69) is 10.6 Å². The van der Waals surface area contributed by atoms with Gasteiger partial charge in [0.25, 0.3) is 0 Å². The fourth-order valence-corrected chi connectivity index (χ4v) is 4.51. The predicted octanol–water partition coefficient (Wildman–Crippen LogP) is 0.134. The molecule has 9 nitrogen and oxygen atoms in total. The highest BCUT2D eigenvalue weighted by molar-refractivity contribution is 5.93. The van der Waals surface area contributed by atoms with Crippen LogP contribution < -0.4 is 16.4 Å². The topological polar surface area (TPSA) is 145 Å². The van der Waals surface area contributed by atoms with Crippen molar-refractivity contribution in [2.75, 3.05) is 19.8 Å². The summed E-state index contributed by atoms with van der Waals surface area (Å²) < 4.78 is 0. The quantitative estimate of drug-likeness (QED) is 0.283. The second-order valence-corrected chi connectivity index (χ2v) is 9.14. The van der Waals surface area contributed by atoms with Gasteiger partial charge in [0.2, 0.25) is 17.7 Å². The number of rotatable bonds is 12. The van der Waals surface area contributed by atoms with Crippen molar-refractivity contribution in [3.8, 4) is 0 Å². The third-order valence-corrected chi connectivity index (χ3v) is 6.42. The number of nitrogens with two attached hydrogens (primary N) is 1. The maximum Gasteiger partial charge on any atom is 0.245 e. The van der Waals surface area contributed by atoms with Gasteiger partial charge in [0.05, 0.1) is 12.6 Å². The Labute approximate surface area is 211 Å². The first-order chi connectivity index (χ1) is 17.4. The summed E-state index contributed by atoms with van der Waals surface area (Å²) in [6, 6.07) is 15.9. The highest BCUT2D eigenvalue weighted by Gasteiger charge is 2.37. The van der Waals surface area contributed by atoms with Crippen LogP contribution in [0.4, 0.5) is 0 Å².